The van der Waals surface area contributed by atoms with Crippen LogP contribution in [0.3, 0.4) is 0 Å². The first-order chi connectivity index (χ1) is 7.53. The van der Waals surface area contributed by atoms with Crippen molar-refractivity contribution in [1.29, 1.82) is 0 Å². The predicted molar refractivity (Wildman–Crippen MR) is 67.5 cm³/mol. The molecule has 1 aliphatic heterocycles. The normalized spacial score (nSPS) is 32.2. The van der Waals surface area contributed by atoms with Gasteiger partial charge >= 0.3 is 0 Å². The van der Waals surface area contributed by atoms with Crippen LogP contribution in [0.4, 0.5) is 4.39 Å². The second kappa shape index (κ2) is 5.97. The Kier molecular flexibility index (Phi) is 5.19. The zero-order chi connectivity index (χ0) is 12.2. The first kappa shape index (κ1) is 13.9. The van der Waals surface area contributed by atoms with Crippen LogP contribution in [0, 0.1) is 5.92 Å². The van der Waals surface area contributed by atoms with Crippen LogP contribution < -0.4 is 5.32 Å². The first-order valence-electron chi connectivity index (χ1n) is 6.58. The maximum absolute atomic E-state index is 12.3. The lowest BCUT2D eigenvalue weighted by atomic mass is 9.89. The smallest absolute Gasteiger partial charge is 0.0906 e. The first-order valence-corrected chi connectivity index (χ1v) is 6.58. The van der Waals surface area contributed by atoms with E-state index in [1.165, 1.54) is 0 Å². The lowest BCUT2D eigenvalue weighted by molar-refractivity contribution is 0.0364. The van der Waals surface area contributed by atoms with Crippen LogP contribution in [0.5, 0.6) is 0 Å². The van der Waals surface area contributed by atoms with E-state index in [9.17, 15) is 4.39 Å². The van der Waals surface area contributed by atoms with E-state index in [0.29, 0.717) is 18.4 Å². The Labute approximate surface area is 99.6 Å². The van der Waals surface area contributed by atoms with Crippen LogP contribution in [0.15, 0.2) is 0 Å². The van der Waals surface area contributed by atoms with E-state index in [1.54, 1.807) is 0 Å². The third kappa shape index (κ3) is 3.17. The van der Waals surface area contributed by atoms with E-state index in [-0.39, 0.29) is 12.2 Å². The monoisotopic (exact) mass is 230 g/mol. The third-order valence-electron chi connectivity index (χ3n) is 4.05. The Morgan fingerprint density at radius 1 is 1.50 bits per heavy atom. The molecular formula is C13H27FN2. The summed E-state index contributed by atoms with van der Waals surface area (Å²) in [6.45, 7) is 11.8. The molecule has 16 heavy (non-hydrogen) atoms. The molecular weight excluding hydrogens is 203 g/mol. The number of nitrogens with one attached hydrogen (secondary N) is 1. The molecule has 1 rings (SSSR count). The number of alkyl halides is 1. The van der Waals surface area contributed by atoms with E-state index in [0.717, 1.165) is 26.1 Å². The molecule has 0 bridgehead atoms. The molecule has 0 spiro atoms. The van der Waals surface area contributed by atoms with Crippen molar-refractivity contribution in [2.45, 2.75) is 52.1 Å². The number of nitrogens with zero attached hydrogens (tertiary/aromatic N) is 1. The van der Waals surface area contributed by atoms with Gasteiger partial charge in [0, 0.05) is 31.2 Å². The van der Waals surface area contributed by atoms with Gasteiger partial charge in [0.25, 0.3) is 0 Å². The van der Waals surface area contributed by atoms with Crippen molar-refractivity contribution >= 4 is 0 Å². The van der Waals surface area contributed by atoms with Crippen LogP contribution in [0.1, 0.15) is 40.5 Å². The minimum Gasteiger partial charge on any atom is -0.311 e. The predicted octanol–water partition coefficient (Wildman–Crippen LogP) is 2.44. The quantitative estimate of drug-likeness (QED) is 0.780. The van der Waals surface area contributed by atoms with Crippen LogP contribution in [0.2, 0.25) is 0 Å². The van der Waals surface area contributed by atoms with E-state index < -0.39 is 0 Å². The summed E-state index contributed by atoms with van der Waals surface area (Å²) in [6.07, 6.45) is 1.79. The van der Waals surface area contributed by atoms with E-state index in [4.69, 9.17) is 0 Å². The molecule has 1 aliphatic rings. The minimum atomic E-state index is -0.198. The molecule has 0 aliphatic carbocycles. The molecule has 0 saturated carbocycles. The molecule has 0 amide bonds. The second-order valence-electron chi connectivity index (χ2n) is 5.57. The summed E-state index contributed by atoms with van der Waals surface area (Å²) >= 11 is 0. The molecule has 0 aromatic rings. The van der Waals surface area contributed by atoms with Crippen molar-refractivity contribution in [3.05, 3.63) is 0 Å². The highest BCUT2D eigenvalue weighted by Crippen LogP contribution is 2.24. The van der Waals surface area contributed by atoms with Gasteiger partial charge < -0.3 is 5.32 Å². The lowest BCUT2D eigenvalue weighted by Gasteiger charge is -2.49. The van der Waals surface area contributed by atoms with Gasteiger partial charge in [-0.1, -0.05) is 20.8 Å². The Morgan fingerprint density at radius 3 is 2.69 bits per heavy atom. The zero-order valence-electron chi connectivity index (χ0n) is 11.2. The molecule has 2 unspecified atom stereocenters. The van der Waals surface area contributed by atoms with Crippen molar-refractivity contribution in [3.63, 3.8) is 0 Å². The molecule has 1 fully saturated rings. The molecule has 3 heteroatoms. The number of halogens is 1. The average Bonchev–Trinajstić information content (AvgIpc) is 2.27. The molecule has 2 atom stereocenters. The van der Waals surface area contributed by atoms with Gasteiger partial charge in [0.1, 0.15) is 0 Å². The molecule has 96 valence electrons. The number of piperazine rings is 1. The van der Waals surface area contributed by atoms with Gasteiger partial charge in [-0.3, -0.25) is 9.29 Å². The summed E-state index contributed by atoms with van der Waals surface area (Å²) in [4.78, 5) is 2.48. The van der Waals surface area contributed by atoms with Gasteiger partial charge in [-0.05, 0) is 25.7 Å². The average molecular weight is 230 g/mol. The van der Waals surface area contributed by atoms with Crippen LogP contribution in [-0.2, 0) is 0 Å². The van der Waals surface area contributed by atoms with Crippen LogP contribution in [0.25, 0.3) is 0 Å². The molecule has 1 N–H and O–H groups in total. The van der Waals surface area contributed by atoms with Crippen molar-refractivity contribution in [1.82, 2.24) is 10.2 Å². The third-order valence-corrected chi connectivity index (χ3v) is 4.05. The van der Waals surface area contributed by atoms with Crippen LogP contribution >= 0.6 is 0 Å². The van der Waals surface area contributed by atoms with Crippen LogP contribution in [-0.4, -0.2) is 42.8 Å². The maximum Gasteiger partial charge on any atom is 0.0906 e. The van der Waals surface area contributed by atoms with Crippen molar-refractivity contribution < 1.29 is 4.39 Å². The second-order valence-corrected chi connectivity index (χ2v) is 5.57. The van der Waals surface area contributed by atoms with E-state index in [2.05, 4.69) is 37.9 Å². The Balaban J connectivity index is 2.62. The highest BCUT2D eigenvalue weighted by Gasteiger charge is 2.36. The fourth-order valence-corrected chi connectivity index (χ4v) is 2.39. The summed E-state index contributed by atoms with van der Waals surface area (Å²) in [6, 6.07) is 0.555. The molecule has 2 nitrogen and oxygen atoms in total. The molecule has 1 heterocycles. The standard InChI is InChI=1S/C13H27FN2/c1-5-13(4)10-15-12(11(2)3)9-16(13)8-6-7-14/h11-12,15H,5-10H2,1-4H3. The summed E-state index contributed by atoms with van der Waals surface area (Å²) in [5.41, 5.74) is 0.209. The fraction of sp³-hybridized carbons (Fsp3) is 1.00. The van der Waals surface area contributed by atoms with Gasteiger partial charge in [0.15, 0.2) is 0 Å². The van der Waals surface area contributed by atoms with E-state index >= 15 is 0 Å². The number of rotatable bonds is 5. The largest absolute Gasteiger partial charge is 0.311 e. The maximum atomic E-state index is 12.3. The zero-order valence-corrected chi connectivity index (χ0v) is 11.2. The Morgan fingerprint density at radius 2 is 2.19 bits per heavy atom. The molecule has 0 aromatic heterocycles. The SMILES string of the molecule is CCC1(C)CNC(C(C)C)CN1CCCF. The molecule has 0 radical (unpaired) electrons. The summed E-state index contributed by atoms with van der Waals surface area (Å²) < 4.78 is 12.3. The van der Waals surface area contributed by atoms with E-state index in [1.807, 2.05) is 0 Å². The van der Waals surface area contributed by atoms with Gasteiger partial charge in [-0.2, -0.15) is 0 Å². The Bertz CT molecular complexity index is 208. The van der Waals surface area contributed by atoms with Gasteiger partial charge in [0.05, 0.1) is 6.67 Å². The fourth-order valence-electron chi connectivity index (χ4n) is 2.39. The van der Waals surface area contributed by atoms with Crippen molar-refractivity contribution in [3.8, 4) is 0 Å². The van der Waals surface area contributed by atoms with Gasteiger partial charge in [-0.15, -0.1) is 0 Å². The topological polar surface area (TPSA) is 15.3 Å². The lowest BCUT2D eigenvalue weighted by Crippen LogP contribution is -2.64. The summed E-state index contributed by atoms with van der Waals surface area (Å²) in [5.74, 6) is 0.647. The molecule has 0 aromatic carbocycles. The van der Waals surface area contributed by atoms with Gasteiger partial charge in [0.2, 0.25) is 0 Å². The Hall–Kier alpha value is -0.150. The molecule has 1 saturated heterocycles. The number of hydrogen-bond donors (Lipinski definition) is 1. The minimum absolute atomic E-state index is 0.198. The van der Waals surface area contributed by atoms with Crippen molar-refractivity contribution in [2.75, 3.05) is 26.3 Å². The van der Waals surface area contributed by atoms with Crippen molar-refractivity contribution in [2.24, 2.45) is 5.92 Å². The number of hydrogen-bond acceptors (Lipinski definition) is 2. The highest BCUT2D eigenvalue weighted by atomic mass is 19.1. The van der Waals surface area contributed by atoms with Gasteiger partial charge in [-0.25, -0.2) is 0 Å². The highest BCUT2D eigenvalue weighted by molar-refractivity contribution is 4.95. The summed E-state index contributed by atoms with van der Waals surface area (Å²) in [5, 5.41) is 3.63. The summed E-state index contributed by atoms with van der Waals surface area (Å²) in [7, 11) is 0.